The second-order valence-electron chi connectivity index (χ2n) is 3.56. The van der Waals surface area contributed by atoms with Crippen LogP contribution in [0.3, 0.4) is 0 Å². The first kappa shape index (κ1) is 9.86. The first-order valence-electron chi connectivity index (χ1n) is 4.89. The Balaban J connectivity index is 2.21. The highest BCUT2D eigenvalue weighted by Gasteiger charge is 2.09. The molecule has 1 aromatic heterocycles. The lowest BCUT2D eigenvalue weighted by atomic mass is 10.2. The maximum absolute atomic E-state index is 5.65. The van der Waals surface area contributed by atoms with Crippen LogP contribution in [-0.4, -0.2) is 16.2 Å². The van der Waals surface area contributed by atoms with Crippen LogP contribution in [0.1, 0.15) is 12.7 Å². The Morgan fingerprint density at radius 1 is 1.33 bits per heavy atom. The van der Waals surface area contributed by atoms with Crippen LogP contribution < -0.4 is 5.73 Å². The Morgan fingerprint density at radius 2 is 2.07 bits per heavy atom. The van der Waals surface area contributed by atoms with Crippen molar-refractivity contribution in [2.24, 2.45) is 5.73 Å². The van der Waals surface area contributed by atoms with E-state index in [4.69, 9.17) is 10.3 Å². The van der Waals surface area contributed by atoms with E-state index < -0.39 is 0 Å². The zero-order chi connectivity index (χ0) is 10.7. The van der Waals surface area contributed by atoms with Gasteiger partial charge in [0.2, 0.25) is 0 Å². The van der Waals surface area contributed by atoms with Gasteiger partial charge in [-0.05, 0) is 19.1 Å². The van der Waals surface area contributed by atoms with Gasteiger partial charge in [0.15, 0.2) is 5.82 Å². The van der Waals surface area contributed by atoms with Crippen molar-refractivity contribution in [3.63, 3.8) is 0 Å². The quantitative estimate of drug-likeness (QED) is 0.823. The molecule has 0 radical (unpaired) electrons. The number of hydrogen-bond donors (Lipinski definition) is 1. The van der Waals surface area contributed by atoms with Gasteiger partial charge in [0.25, 0.3) is 5.89 Å². The lowest BCUT2D eigenvalue weighted by Gasteiger charge is -1.96. The van der Waals surface area contributed by atoms with Crippen molar-refractivity contribution in [2.45, 2.75) is 19.4 Å². The maximum Gasteiger partial charge on any atom is 0.257 e. The van der Waals surface area contributed by atoms with Crippen molar-refractivity contribution in [1.82, 2.24) is 10.1 Å². The maximum atomic E-state index is 5.65. The molecule has 1 atom stereocenters. The van der Waals surface area contributed by atoms with E-state index in [0.717, 1.165) is 5.56 Å². The molecule has 2 aromatic rings. The summed E-state index contributed by atoms with van der Waals surface area (Å²) in [5.41, 5.74) is 6.58. The molecule has 0 saturated heterocycles. The summed E-state index contributed by atoms with van der Waals surface area (Å²) < 4.78 is 5.13. The van der Waals surface area contributed by atoms with E-state index in [9.17, 15) is 0 Å². The zero-order valence-corrected chi connectivity index (χ0v) is 8.55. The second kappa shape index (κ2) is 4.23. The van der Waals surface area contributed by atoms with E-state index in [1.807, 2.05) is 37.3 Å². The molecule has 2 N–H and O–H groups in total. The lowest BCUT2D eigenvalue weighted by molar-refractivity contribution is 0.420. The number of hydrogen-bond acceptors (Lipinski definition) is 4. The summed E-state index contributed by atoms with van der Waals surface area (Å²) in [4.78, 5) is 4.26. The normalized spacial score (nSPS) is 12.7. The number of benzene rings is 1. The van der Waals surface area contributed by atoms with Crippen molar-refractivity contribution < 1.29 is 4.52 Å². The second-order valence-corrected chi connectivity index (χ2v) is 3.56. The van der Waals surface area contributed by atoms with E-state index in [1.54, 1.807) is 0 Å². The summed E-state index contributed by atoms with van der Waals surface area (Å²) in [6.07, 6.45) is 0.635. The fourth-order valence-corrected chi connectivity index (χ4v) is 1.32. The van der Waals surface area contributed by atoms with Crippen LogP contribution in [0.5, 0.6) is 0 Å². The molecule has 15 heavy (non-hydrogen) atoms. The number of rotatable bonds is 3. The molecule has 4 nitrogen and oxygen atoms in total. The van der Waals surface area contributed by atoms with Crippen molar-refractivity contribution >= 4 is 0 Å². The van der Waals surface area contributed by atoms with Crippen LogP contribution in [0.25, 0.3) is 11.5 Å². The van der Waals surface area contributed by atoms with Crippen LogP contribution in [0.2, 0.25) is 0 Å². The van der Waals surface area contributed by atoms with Crippen LogP contribution in [0.4, 0.5) is 0 Å². The zero-order valence-electron chi connectivity index (χ0n) is 8.55. The van der Waals surface area contributed by atoms with Gasteiger partial charge in [-0.25, -0.2) is 0 Å². The highest BCUT2D eigenvalue weighted by molar-refractivity contribution is 5.51. The first-order chi connectivity index (χ1) is 7.25. The third kappa shape index (κ3) is 2.41. The predicted octanol–water partition coefficient (Wildman–Crippen LogP) is 1.63. The highest BCUT2D eigenvalue weighted by atomic mass is 16.5. The summed E-state index contributed by atoms with van der Waals surface area (Å²) in [7, 11) is 0. The molecular formula is C11H13N3O. The fourth-order valence-electron chi connectivity index (χ4n) is 1.32. The number of nitrogens with zero attached hydrogens (tertiary/aromatic N) is 2. The van der Waals surface area contributed by atoms with E-state index in [2.05, 4.69) is 10.1 Å². The van der Waals surface area contributed by atoms with Gasteiger partial charge in [-0.2, -0.15) is 4.98 Å². The Morgan fingerprint density at radius 3 is 2.73 bits per heavy atom. The third-order valence-electron chi connectivity index (χ3n) is 1.99. The average Bonchev–Trinajstić information content (AvgIpc) is 2.67. The molecule has 0 bridgehead atoms. The molecule has 1 unspecified atom stereocenters. The van der Waals surface area contributed by atoms with Crippen molar-refractivity contribution in [1.29, 1.82) is 0 Å². The van der Waals surface area contributed by atoms with Crippen LogP contribution in [0.15, 0.2) is 34.9 Å². The smallest absolute Gasteiger partial charge is 0.257 e. The Bertz CT molecular complexity index is 422. The van der Waals surface area contributed by atoms with E-state index in [1.165, 1.54) is 0 Å². The third-order valence-corrected chi connectivity index (χ3v) is 1.99. The van der Waals surface area contributed by atoms with Crippen LogP contribution in [-0.2, 0) is 6.42 Å². The van der Waals surface area contributed by atoms with E-state index in [-0.39, 0.29) is 6.04 Å². The van der Waals surface area contributed by atoms with Gasteiger partial charge in [0, 0.05) is 18.0 Å². The molecule has 0 aliphatic heterocycles. The summed E-state index contributed by atoms with van der Waals surface area (Å²) >= 11 is 0. The fraction of sp³-hybridized carbons (Fsp3) is 0.273. The van der Waals surface area contributed by atoms with Crippen molar-refractivity contribution in [3.05, 3.63) is 36.2 Å². The topological polar surface area (TPSA) is 64.9 Å². The molecule has 0 fully saturated rings. The average molecular weight is 203 g/mol. The molecule has 78 valence electrons. The summed E-state index contributed by atoms with van der Waals surface area (Å²) in [6, 6.07) is 9.73. The molecule has 0 aliphatic carbocycles. The first-order valence-corrected chi connectivity index (χ1v) is 4.89. The molecule has 0 saturated carbocycles. The molecule has 1 aromatic carbocycles. The van der Waals surface area contributed by atoms with Crippen molar-refractivity contribution in [3.8, 4) is 11.5 Å². The SMILES string of the molecule is CC(N)Cc1noc(-c2ccccc2)n1. The largest absolute Gasteiger partial charge is 0.334 e. The minimum Gasteiger partial charge on any atom is -0.334 e. The molecule has 0 amide bonds. The molecule has 1 heterocycles. The standard InChI is InChI=1S/C11H13N3O/c1-8(12)7-10-13-11(15-14-10)9-5-3-2-4-6-9/h2-6,8H,7,12H2,1H3. The molecule has 0 spiro atoms. The Kier molecular flexibility index (Phi) is 2.78. The van der Waals surface area contributed by atoms with Gasteiger partial charge < -0.3 is 10.3 Å². The minimum absolute atomic E-state index is 0.0474. The summed E-state index contributed by atoms with van der Waals surface area (Å²) in [5, 5.41) is 3.87. The van der Waals surface area contributed by atoms with Gasteiger partial charge in [0.05, 0.1) is 0 Å². The summed E-state index contributed by atoms with van der Waals surface area (Å²) in [5.74, 6) is 1.20. The van der Waals surface area contributed by atoms with Gasteiger partial charge in [-0.15, -0.1) is 0 Å². The number of nitrogens with two attached hydrogens (primary N) is 1. The number of aromatic nitrogens is 2. The Hall–Kier alpha value is -1.68. The lowest BCUT2D eigenvalue weighted by Crippen LogP contribution is -2.18. The Labute approximate surface area is 88.1 Å². The molecule has 4 heteroatoms. The van der Waals surface area contributed by atoms with E-state index in [0.29, 0.717) is 18.1 Å². The van der Waals surface area contributed by atoms with Gasteiger partial charge in [-0.1, -0.05) is 23.4 Å². The molecule has 2 rings (SSSR count). The predicted molar refractivity (Wildman–Crippen MR) is 57.1 cm³/mol. The van der Waals surface area contributed by atoms with Crippen LogP contribution >= 0.6 is 0 Å². The monoisotopic (exact) mass is 203 g/mol. The summed E-state index contributed by atoms with van der Waals surface area (Å²) in [6.45, 7) is 1.92. The van der Waals surface area contributed by atoms with Crippen molar-refractivity contribution in [2.75, 3.05) is 0 Å². The molecule has 0 aliphatic rings. The van der Waals surface area contributed by atoms with Crippen LogP contribution in [0, 0.1) is 0 Å². The van der Waals surface area contributed by atoms with E-state index >= 15 is 0 Å². The van der Waals surface area contributed by atoms with Gasteiger partial charge >= 0.3 is 0 Å². The van der Waals surface area contributed by atoms with Gasteiger partial charge in [-0.3, -0.25) is 0 Å². The minimum atomic E-state index is 0.0474. The molecular weight excluding hydrogens is 190 g/mol. The highest BCUT2D eigenvalue weighted by Crippen LogP contribution is 2.16. The van der Waals surface area contributed by atoms with Gasteiger partial charge in [0.1, 0.15) is 0 Å².